The number of Topliss-reactive ketones (excluding diaryl/α,β-unsaturated/α-hetero) is 1. The van der Waals surface area contributed by atoms with Crippen molar-refractivity contribution < 1.29 is 18.8 Å². The van der Waals surface area contributed by atoms with E-state index in [1.54, 1.807) is 53.6 Å². The van der Waals surface area contributed by atoms with Gasteiger partial charge in [0.2, 0.25) is 11.8 Å². The summed E-state index contributed by atoms with van der Waals surface area (Å²) >= 11 is 0. The smallest absolute Gasteiger partial charge is 0.240 e. The van der Waals surface area contributed by atoms with E-state index in [1.807, 2.05) is 0 Å². The molecule has 3 aliphatic heterocycles. The van der Waals surface area contributed by atoms with Crippen LogP contribution in [0.4, 0.5) is 10.1 Å². The van der Waals surface area contributed by atoms with Crippen LogP contribution in [0.1, 0.15) is 10.4 Å². The standard InChI is InChI=1S/C24H16FN3O3/c25-16-6-8-17(9-7-16)28-23(30)19-18-12-14(13-26)10-11-27(18)21(20(19)24(28)31)22(29)15-4-2-1-3-5-15/h1-12,18-21H/t18-,19+,20-,21-/m1/s1. The molecule has 0 aliphatic carbocycles. The number of anilines is 1. The molecule has 0 spiro atoms. The first-order valence-corrected chi connectivity index (χ1v) is 9.81. The minimum Gasteiger partial charge on any atom is -0.359 e. The number of imide groups is 1. The van der Waals surface area contributed by atoms with E-state index in [2.05, 4.69) is 6.07 Å². The maximum Gasteiger partial charge on any atom is 0.240 e. The topological polar surface area (TPSA) is 81.5 Å². The van der Waals surface area contributed by atoms with Crippen molar-refractivity contribution in [3.8, 4) is 6.07 Å². The van der Waals surface area contributed by atoms with Gasteiger partial charge in [0.1, 0.15) is 11.9 Å². The number of halogens is 1. The van der Waals surface area contributed by atoms with Crippen molar-refractivity contribution in [2.45, 2.75) is 12.1 Å². The van der Waals surface area contributed by atoms with Gasteiger partial charge in [-0.05, 0) is 36.4 Å². The number of nitrogens with zero attached hydrogens (tertiary/aromatic N) is 3. The summed E-state index contributed by atoms with van der Waals surface area (Å²) in [5, 5.41) is 9.33. The Hall–Kier alpha value is -4.05. The van der Waals surface area contributed by atoms with Gasteiger partial charge in [0.25, 0.3) is 0 Å². The zero-order valence-electron chi connectivity index (χ0n) is 16.2. The summed E-state index contributed by atoms with van der Waals surface area (Å²) in [6, 6.07) is 14.3. The van der Waals surface area contributed by atoms with Gasteiger partial charge < -0.3 is 4.90 Å². The van der Waals surface area contributed by atoms with Crippen LogP contribution < -0.4 is 4.90 Å². The van der Waals surface area contributed by atoms with Crippen LogP contribution in [0.5, 0.6) is 0 Å². The molecule has 3 heterocycles. The molecule has 0 unspecified atom stereocenters. The lowest BCUT2D eigenvalue weighted by Gasteiger charge is -2.32. The van der Waals surface area contributed by atoms with Gasteiger partial charge in [-0.25, -0.2) is 9.29 Å². The number of rotatable bonds is 3. The number of carbonyl (C=O) groups excluding carboxylic acids is 3. The summed E-state index contributed by atoms with van der Waals surface area (Å²) < 4.78 is 13.4. The molecule has 31 heavy (non-hydrogen) atoms. The van der Waals surface area contributed by atoms with Crippen molar-refractivity contribution in [2.75, 3.05) is 4.90 Å². The summed E-state index contributed by atoms with van der Waals surface area (Å²) in [4.78, 5) is 43.0. The van der Waals surface area contributed by atoms with Crippen molar-refractivity contribution in [3.05, 3.63) is 89.9 Å². The highest BCUT2D eigenvalue weighted by atomic mass is 19.1. The first-order valence-electron chi connectivity index (χ1n) is 9.81. The molecule has 0 saturated carbocycles. The van der Waals surface area contributed by atoms with Crippen molar-refractivity contribution in [2.24, 2.45) is 11.8 Å². The van der Waals surface area contributed by atoms with E-state index in [1.165, 1.54) is 24.3 Å². The molecule has 5 rings (SSSR count). The van der Waals surface area contributed by atoms with E-state index in [9.17, 15) is 24.0 Å². The van der Waals surface area contributed by atoms with E-state index >= 15 is 0 Å². The molecular weight excluding hydrogens is 397 g/mol. The highest BCUT2D eigenvalue weighted by Crippen LogP contribution is 2.47. The van der Waals surface area contributed by atoms with E-state index < -0.39 is 41.6 Å². The lowest BCUT2D eigenvalue weighted by Crippen LogP contribution is -2.46. The fraction of sp³-hybridized carbons (Fsp3) is 0.167. The number of fused-ring (bicyclic) bond motifs is 3. The molecule has 2 aromatic carbocycles. The molecule has 6 nitrogen and oxygen atoms in total. The molecule has 4 atom stereocenters. The van der Waals surface area contributed by atoms with E-state index in [0.29, 0.717) is 11.1 Å². The lowest BCUT2D eigenvalue weighted by atomic mass is 9.86. The van der Waals surface area contributed by atoms with Crippen LogP contribution in [0.25, 0.3) is 0 Å². The van der Waals surface area contributed by atoms with Crippen LogP contribution in [-0.4, -0.2) is 34.6 Å². The number of nitriles is 1. The maximum absolute atomic E-state index is 13.4. The summed E-state index contributed by atoms with van der Waals surface area (Å²) in [6.07, 6.45) is 4.83. The van der Waals surface area contributed by atoms with Gasteiger partial charge in [-0.2, -0.15) is 5.26 Å². The number of hydrogen-bond acceptors (Lipinski definition) is 5. The van der Waals surface area contributed by atoms with Gasteiger partial charge in [-0.3, -0.25) is 14.4 Å². The molecule has 2 aromatic rings. The molecule has 2 saturated heterocycles. The van der Waals surface area contributed by atoms with Crippen molar-refractivity contribution in [1.82, 2.24) is 4.90 Å². The molecular formula is C24H16FN3O3. The Morgan fingerprint density at radius 2 is 1.65 bits per heavy atom. The first-order chi connectivity index (χ1) is 15.0. The van der Waals surface area contributed by atoms with Gasteiger partial charge >= 0.3 is 0 Å². The predicted octanol–water partition coefficient (Wildman–Crippen LogP) is 2.84. The first kappa shape index (κ1) is 18.9. The zero-order chi connectivity index (χ0) is 21.7. The molecule has 3 aliphatic rings. The average Bonchev–Trinajstić information content (AvgIpc) is 3.26. The van der Waals surface area contributed by atoms with Crippen LogP contribution >= 0.6 is 0 Å². The molecule has 0 N–H and O–H groups in total. The fourth-order valence-corrected chi connectivity index (χ4v) is 4.74. The number of allylic oxidation sites excluding steroid dienone is 2. The maximum atomic E-state index is 13.4. The number of carbonyl (C=O) groups is 3. The minimum absolute atomic E-state index is 0.263. The molecule has 0 radical (unpaired) electrons. The predicted molar refractivity (Wildman–Crippen MR) is 109 cm³/mol. The molecule has 152 valence electrons. The number of benzene rings is 2. The van der Waals surface area contributed by atoms with Gasteiger partial charge in [0.15, 0.2) is 5.78 Å². The Morgan fingerprint density at radius 3 is 2.32 bits per heavy atom. The number of amides is 2. The van der Waals surface area contributed by atoms with E-state index in [4.69, 9.17) is 0 Å². The summed E-state index contributed by atoms with van der Waals surface area (Å²) in [7, 11) is 0. The Bertz CT molecular complexity index is 1200. The van der Waals surface area contributed by atoms with Crippen molar-refractivity contribution in [3.63, 3.8) is 0 Å². The lowest BCUT2D eigenvalue weighted by molar-refractivity contribution is -0.123. The third-order valence-electron chi connectivity index (χ3n) is 6.09. The highest BCUT2D eigenvalue weighted by Gasteiger charge is 2.63. The van der Waals surface area contributed by atoms with Crippen LogP contribution in [0.15, 0.2) is 78.5 Å². The van der Waals surface area contributed by atoms with Crippen LogP contribution in [-0.2, 0) is 9.59 Å². The minimum atomic E-state index is -0.908. The van der Waals surface area contributed by atoms with Gasteiger partial charge in [0, 0.05) is 11.8 Å². The summed E-state index contributed by atoms with van der Waals surface area (Å²) in [5.74, 6) is -3.42. The zero-order valence-corrected chi connectivity index (χ0v) is 16.2. The average molecular weight is 413 g/mol. The monoisotopic (exact) mass is 413 g/mol. The normalized spacial score (nSPS) is 26.4. The second-order valence-electron chi connectivity index (χ2n) is 7.70. The largest absolute Gasteiger partial charge is 0.359 e. The molecule has 0 aromatic heterocycles. The Kier molecular flexibility index (Phi) is 4.29. The third kappa shape index (κ3) is 2.80. The van der Waals surface area contributed by atoms with Gasteiger partial charge in [0.05, 0.1) is 35.2 Å². The summed E-state index contributed by atoms with van der Waals surface area (Å²) in [5.41, 5.74) is 1.07. The molecule has 2 amide bonds. The van der Waals surface area contributed by atoms with E-state index in [0.717, 1.165) is 4.90 Å². The highest BCUT2D eigenvalue weighted by molar-refractivity contribution is 6.24. The Labute approximate surface area is 177 Å². The molecule has 0 bridgehead atoms. The number of hydrogen-bond donors (Lipinski definition) is 0. The van der Waals surface area contributed by atoms with E-state index in [-0.39, 0.29) is 11.5 Å². The molecule has 7 heteroatoms. The van der Waals surface area contributed by atoms with Crippen LogP contribution in [0, 0.1) is 29.0 Å². The SMILES string of the molecule is N#CC1=C[C@@H]2[C@@H]3C(=O)N(c4ccc(F)cc4)C(=O)[C@H]3[C@H](C(=O)c3ccccc3)N2C=C1. The fourth-order valence-electron chi connectivity index (χ4n) is 4.74. The Balaban J connectivity index is 1.61. The van der Waals surface area contributed by atoms with Crippen molar-refractivity contribution in [1.29, 1.82) is 5.26 Å². The van der Waals surface area contributed by atoms with Crippen LogP contribution in [0.3, 0.4) is 0 Å². The third-order valence-corrected chi connectivity index (χ3v) is 6.09. The second kappa shape index (κ2) is 7.03. The number of ketones is 1. The quantitative estimate of drug-likeness (QED) is 0.571. The molecule has 2 fully saturated rings. The van der Waals surface area contributed by atoms with Crippen molar-refractivity contribution >= 4 is 23.3 Å². The second-order valence-corrected chi connectivity index (χ2v) is 7.70. The summed E-state index contributed by atoms with van der Waals surface area (Å²) in [6.45, 7) is 0. The Morgan fingerprint density at radius 1 is 0.968 bits per heavy atom. The van der Waals surface area contributed by atoms with Gasteiger partial charge in [-0.15, -0.1) is 0 Å². The van der Waals surface area contributed by atoms with Crippen LogP contribution in [0.2, 0.25) is 0 Å². The van der Waals surface area contributed by atoms with Gasteiger partial charge in [-0.1, -0.05) is 30.3 Å².